The molecule has 0 saturated heterocycles. The van der Waals surface area contributed by atoms with Crippen LogP contribution >= 0.6 is 0 Å². The average Bonchev–Trinajstić information content (AvgIpc) is 2.50. The first kappa shape index (κ1) is 15.5. The number of hydrogen-bond donors (Lipinski definition) is 1. The third kappa shape index (κ3) is 4.31. The summed E-state index contributed by atoms with van der Waals surface area (Å²) in [6.45, 7) is 1.24. The highest BCUT2D eigenvalue weighted by Gasteiger charge is 2.18. The number of pyridine rings is 1. The van der Waals surface area contributed by atoms with Gasteiger partial charge < -0.3 is 14.6 Å². The average molecular weight is 300 g/mol. The molecule has 1 atom stereocenters. The van der Waals surface area contributed by atoms with Gasteiger partial charge >= 0.3 is 5.97 Å². The summed E-state index contributed by atoms with van der Waals surface area (Å²) in [7, 11) is 0. The van der Waals surface area contributed by atoms with E-state index < -0.39 is 18.0 Å². The highest BCUT2D eigenvalue weighted by Crippen LogP contribution is 2.06. The first-order valence-electron chi connectivity index (χ1n) is 6.77. The fraction of sp³-hybridized carbons (Fsp3) is 0.188. The fourth-order valence-electron chi connectivity index (χ4n) is 1.78. The van der Waals surface area contributed by atoms with E-state index in [2.05, 4.69) is 5.32 Å². The van der Waals surface area contributed by atoms with Crippen molar-refractivity contribution in [1.29, 1.82) is 0 Å². The molecule has 0 fully saturated rings. The number of hydrogen-bond acceptors (Lipinski definition) is 4. The summed E-state index contributed by atoms with van der Waals surface area (Å²) in [4.78, 5) is 35.2. The second-order valence-electron chi connectivity index (χ2n) is 4.65. The molecule has 1 aromatic carbocycles. The number of benzene rings is 1. The van der Waals surface area contributed by atoms with Gasteiger partial charge in [0.1, 0.15) is 6.54 Å². The Morgan fingerprint density at radius 1 is 1.14 bits per heavy atom. The first-order chi connectivity index (χ1) is 10.6. The second kappa shape index (κ2) is 7.21. The molecule has 0 aliphatic rings. The van der Waals surface area contributed by atoms with Crippen LogP contribution in [-0.2, 0) is 20.9 Å². The number of carbonyl (C=O) groups excluding carboxylic acids is 2. The van der Waals surface area contributed by atoms with Crippen LogP contribution in [0.1, 0.15) is 6.92 Å². The number of carbonyl (C=O) groups is 2. The van der Waals surface area contributed by atoms with Crippen molar-refractivity contribution in [1.82, 2.24) is 4.57 Å². The van der Waals surface area contributed by atoms with Gasteiger partial charge in [-0.05, 0) is 25.1 Å². The first-order valence-corrected chi connectivity index (χ1v) is 6.77. The molecule has 0 bridgehead atoms. The maximum atomic E-state index is 11.9. The van der Waals surface area contributed by atoms with E-state index in [9.17, 15) is 14.4 Å². The molecule has 6 heteroatoms. The Kier molecular flexibility index (Phi) is 5.08. The number of rotatable bonds is 5. The Labute approximate surface area is 127 Å². The molecule has 0 aliphatic heterocycles. The van der Waals surface area contributed by atoms with E-state index in [1.54, 1.807) is 36.4 Å². The van der Waals surface area contributed by atoms with Crippen LogP contribution in [0.25, 0.3) is 0 Å². The van der Waals surface area contributed by atoms with Gasteiger partial charge in [-0.15, -0.1) is 0 Å². The standard InChI is InChI=1S/C16H16N2O4/c1-12(16(21)17-13-7-3-2-4-8-13)22-15(20)11-18-10-6-5-9-14(18)19/h2-10,12H,11H2,1H3,(H,17,21)/t12-/m1/s1. The number of anilines is 1. The predicted octanol–water partition coefficient (Wildman–Crippen LogP) is 1.42. The van der Waals surface area contributed by atoms with Crippen LogP contribution in [0.3, 0.4) is 0 Å². The molecular formula is C16H16N2O4. The van der Waals surface area contributed by atoms with E-state index in [4.69, 9.17) is 4.74 Å². The molecular weight excluding hydrogens is 284 g/mol. The van der Waals surface area contributed by atoms with Gasteiger partial charge in [0.15, 0.2) is 6.10 Å². The smallest absolute Gasteiger partial charge is 0.326 e. The molecule has 1 heterocycles. The Morgan fingerprint density at radius 3 is 2.50 bits per heavy atom. The van der Waals surface area contributed by atoms with Gasteiger partial charge in [0.25, 0.3) is 11.5 Å². The Balaban J connectivity index is 1.90. The molecule has 0 radical (unpaired) electrons. The normalized spacial score (nSPS) is 11.5. The topological polar surface area (TPSA) is 77.4 Å². The summed E-state index contributed by atoms with van der Waals surface area (Å²) in [5, 5.41) is 2.64. The van der Waals surface area contributed by atoms with Crippen LogP contribution in [0.5, 0.6) is 0 Å². The maximum absolute atomic E-state index is 11.9. The number of amides is 1. The Morgan fingerprint density at radius 2 is 1.82 bits per heavy atom. The van der Waals surface area contributed by atoms with E-state index in [-0.39, 0.29) is 12.1 Å². The van der Waals surface area contributed by atoms with Crippen LogP contribution in [0.15, 0.2) is 59.5 Å². The molecule has 22 heavy (non-hydrogen) atoms. The van der Waals surface area contributed by atoms with Gasteiger partial charge in [-0.2, -0.15) is 0 Å². The van der Waals surface area contributed by atoms with E-state index in [0.717, 1.165) is 0 Å². The number of ether oxygens (including phenoxy) is 1. The number of nitrogens with one attached hydrogen (secondary N) is 1. The third-order valence-corrected chi connectivity index (χ3v) is 2.92. The fourth-order valence-corrected chi connectivity index (χ4v) is 1.78. The van der Waals surface area contributed by atoms with Crippen LogP contribution in [-0.4, -0.2) is 22.5 Å². The summed E-state index contributed by atoms with van der Waals surface area (Å²) in [6.07, 6.45) is 0.533. The quantitative estimate of drug-likeness (QED) is 0.847. The maximum Gasteiger partial charge on any atom is 0.326 e. The van der Waals surface area contributed by atoms with Crippen molar-refractivity contribution < 1.29 is 14.3 Å². The van der Waals surface area contributed by atoms with E-state index in [1.165, 1.54) is 23.8 Å². The van der Waals surface area contributed by atoms with Crippen molar-refractivity contribution in [3.8, 4) is 0 Å². The predicted molar refractivity (Wildman–Crippen MR) is 81.3 cm³/mol. The molecule has 6 nitrogen and oxygen atoms in total. The minimum absolute atomic E-state index is 0.234. The van der Waals surface area contributed by atoms with E-state index in [1.807, 2.05) is 6.07 Å². The summed E-state index contributed by atoms with van der Waals surface area (Å²) < 4.78 is 6.25. The van der Waals surface area contributed by atoms with Gasteiger partial charge in [0.05, 0.1) is 0 Å². The summed E-state index contributed by atoms with van der Waals surface area (Å²) in [5.74, 6) is -1.08. The molecule has 1 amide bonds. The molecule has 2 aromatic rings. The molecule has 114 valence electrons. The van der Waals surface area contributed by atoms with Gasteiger partial charge in [-0.1, -0.05) is 24.3 Å². The summed E-state index contributed by atoms with van der Waals surface area (Å²) in [6, 6.07) is 13.4. The third-order valence-electron chi connectivity index (χ3n) is 2.92. The summed E-state index contributed by atoms with van der Waals surface area (Å²) >= 11 is 0. The molecule has 0 unspecified atom stereocenters. The zero-order valence-corrected chi connectivity index (χ0v) is 12.1. The lowest BCUT2D eigenvalue weighted by Crippen LogP contribution is -2.32. The zero-order valence-electron chi connectivity index (χ0n) is 12.1. The number of aromatic nitrogens is 1. The van der Waals surface area contributed by atoms with Crippen LogP contribution < -0.4 is 10.9 Å². The van der Waals surface area contributed by atoms with Gasteiger partial charge in [0.2, 0.25) is 0 Å². The lowest BCUT2D eigenvalue weighted by atomic mass is 10.3. The molecule has 0 spiro atoms. The van der Waals surface area contributed by atoms with Gasteiger partial charge in [-0.25, -0.2) is 0 Å². The van der Waals surface area contributed by atoms with E-state index in [0.29, 0.717) is 5.69 Å². The van der Waals surface area contributed by atoms with Crippen molar-refractivity contribution >= 4 is 17.6 Å². The Bertz CT molecular complexity index is 709. The second-order valence-corrected chi connectivity index (χ2v) is 4.65. The largest absolute Gasteiger partial charge is 0.451 e. The van der Waals surface area contributed by atoms with Crippen molar-refractivity contribution in [2.45, 2.75) is 19.6 Å². The highest BCUT2D eigenvalue weighted by molar-refractivity contribution is 5.95. The summed E-state index contributed by atoms with van der Waals surface area (Å²) in [5.41, 5.74) is 0.315. The molecule has 2 rings (SSSR count). The Hall–Kier alpha value is -2.89. The molecule has 0 aliphatic carbocycles. The van der Waals surface area contributed by atoms with Crippen molar-refractivity contribution in [2.75, 3.05) is 5.32 Å². The monoisotopic (exact) mass is 300 g/mol. The van der Waals surface area contributed by atoms with Crippen LogP contribution in [0.4, 0.5) is 5.69 Å². The molecule has 0 saturated carbocycles. The SMILES string of the molecule is C[C@@H](OC(=O)Cn1ccccc1=O)C(=O)Nc1ccccc1. The van der Waals surface area contributed by atoms with Crippen molar-refractivity contribution in [2.24, 2.45) is 0 Å². The molecule has 1 N–H and O–H groups in total. The van der Waals surface area contributed by atoms with Crippen LogP contribution in [0, 0.1) is 0 Å². The lowest BCUT2D eigenvalue weighted by molar-refractivity contribution is -0.153. The zero-order chi connectivity index (χ0) is 15.9. The lowest BCUT2D eigenvalue weighted by Gasteiger charge is -2.14. The van der Waals surface area contributed by atoms with Crippen molar-refractivity contribution in [3.05, 3.63) is 65.1 Å². The number of para-hydroxylation sites is 1. The van der Waals surface area contributed by atoms with Crippen LogP contribution in [0.2, 0.25) is 0 Å². The minimum atomic E-state index is -0.952. The highest BCUT2D eigenvalue weighted by atomic mass is 16.5. The van der Waals surface area contributed by atoms with Crippen molar-refractivity contribution in [3.63, 3.8) is 0 Å². The number of nitrogens with zero attached hydrogens (tertiary/aromatic N) is 1. The van der Waals surface area contributed by atoms with Gasteiger partial charge in [-0.3, -0.25) is 14.4 Å². The van der Waals surface area contributed by atoms with E-state index >= 15 is 0 Å². The number of esters is 1. The minimum Gasteiger partial charge on any atom is -0.451 e. The van der Waals surface area contributed by atoms with Gasteiger partial charge in [0, 0.05) is 18.0 Å². The molecule has 1 aromatic heterocycles.